The fraction of sp³-hybridized carbons (Fsp3) is 0.571. The summed E-state index contributed by atoms with van der Waals surface area (Å²) in [6.07, 6.45) is 4.22. The van der Waals surface area contributed by atoms with Crippen LogP contribution in [0.2, 0.25) is 0 Å². The fourth-order valence-corrected chi connectivity index (χ4v) is 10.3. The summed E-state index contributed by atoms with van der Waals surface area (Å²) in [5, 5.41) is 10.3. The molecule has 0 N–H and O–H groups in total. The van der Waals surface area contributed by atoms with E-state index in [0.29, 0.717) is 42.0 Å². The van der Waals surface area contributed by atoms with Crippen LogP contribution in [-0.2, 0) is 9.53 Å². The molecule has 2 unspecified atom stereocenters. The molecule has 2 saturated heterocycles. The van der Waals surface area contributed by atoms with Crippen molar-refractivity contribution in [2.24, 2.45) is 22.7 Å². The summed E-state index contributed by atoms with van der Waals surface area (Å²) in [5.74, 6) is -0.847. The van der Waals surface area contributed by atoms with Gasteiger partial charge in [0.05, 0.1) is 21.4 Å². The van der Waals surface area contributed by atoms with Crippen molar-refractivity contribution < 1.29 is 31.5 Å². The topological polar surface area (TPSA) is 68.9 Å². The summed E-state index contributed by atoms with van der Waals surface area (Å²) in [6.45, 7) is 27.4. The molecule has 0 amide bonds. The first-order valence-electron chi connectivity index (χ1n) is 21.8. The van der Waals surface area contributed by atoms with Gasteiger partial charge in [-0.3, -0.25) is 9.69 Å². The minimum atomic E-state index is -5.01. The maximum absolute atomic E-state index is 17.9. The van der Waals surface area contributed by atoms with Crippen LogP contribution in [0.4, 0.5) is 22.0 Å². The van der Waals surface area contributed by atoms with Gasteiger partial charge in [-0.2, -0.15) is 18.4 Å². The second-order valence-corrected chi connectivity index (χ2v) is 18.9. The van der Waals surface area contributed by atoms with Gasteiger partial charge >= 0.3 is 6.18 Å². The van der Waals surface area contributed by atoms with Crippen LogP contribution in [0.15, 0.2) is 70.5 Å². The molecule has 3 heterocycles. The smallest absolute Gasteiger partial charge is 0.417 e. The number of ketones is 1. The number of thiophene rings is 1. The molecule has 334 valence electrons. The number of rotatable bonds is 15. The zero-order valence-electron chi connectivity index (χ0n) is 38.0. The van der Waals surface area contributed by atoms with Gasteiger partial charge in [0.2, 0.25) is 5.88 Å². The number of carbonyl (C=O) groups excluding carboxylic acids is 1. The summed E-state index contributed by atoms with van der Waals surface area (Å²) in [7, 11) is 0. The second-order valence-electron chi connectivity index (χ2n) is 17.8. The Hall–Kier alpha value is -4.08. The quantitative estimate of drug-likeness (QED) is 0.101. The van der Waals surface area contributed by atoms with Gasteiger partial charge in [-0.15, -0.1) is 11.3 Å². The van der Waals surface area contributed by atoms with Crippen molar-refractivity contribution in [3.05, 3.63) is 87.3 Å². The van der Waals surface area contributed by atoms with Crippen molar-refractivity contribution in [1.29, 1.82) is 5.26 Å². The van der Waals surface area contributed by atoms with Crippen molar-refractivity contribution in [2.75, 3.05) is 26.2 Å². The Morgan fingerprint density at radius 3 is 2.36 bits per heavy atom. The van der Waals surface area contributed by atoms with E-state index in [9.17, 15) is 10.1 Å². The molecule has 1 aliphatic carbocycles. The molecule has 61 heavy (non-hydrogen) atoms. The lowest BCUT2D eigenvalue weighted by Crippen LogP contribution is -2.42. The highest BCUT2D eigenvalue weighted by atomic mass is 32.1. The van der Waals surface area contributed by atoms with E-state index in [-0.39, 0.29) is 67.6 Å². The van der Waals surface area contributed by atoms with Gasteiger partial charge in [0.25, 0.3) is 0 Å². The molecule has 3 aliphatic rings. The molecule has 1 aromatic heterocycles. The van der Waals surface area contributed by atoms with Crippen LogP contribution < -0.4 is 0 Å². The van der Waals surface area contributed by atoms with Crippen molar-refractivity contribution in [3.8, 4) is 6.07 Å². The van der Waals surface area contributed by atoms with Gasteiger partial charge in [0, 0.05) is 46.2 Å². The molecule has 12 heteroatoms. The molecule has 0 radical (unpaired) electrons. The van der Waals surface area contributed by atoms with Crippen LogP contribution in [0.25, 0.3) is 15.7 Å². The summed E-state index contributed by atoms with van der Waals surface area (Å²) < 4.78 is 86.4. The van der Waals surface area contributed by atoms with Gasteiger partial charge < -0.3 is 9.64 Å². The largest absolute Gasteiger partial charge is 0.476 e. The van der Waals surface area contributed by atoms with E-state index in [1.54, 1.807) is 13.0 Å². The molecular formula is C49H65F5N4O2S. The fourth-order valence-electron chi connectivity index (χ4n) is 9.11. The highest BCUT2D eigenvalue weighted by Gasteiger charge is 2.48. The monoisotopic (exact) mass is 868 g/mol. The number of nitrogens with zero attached hydrogens (tertiary/aromatic N) is 4. The molecule has 6 nitrogen and oxygen atoms in total. The molecule has 3 atom stereocenters. The van der Waals surface area contributed by atoms with E-state index in [1.807, 2.05) is 27.7 Å². The number of nitriles is 1. The van der Waals surface area contributed by atoms with Crippen LogP contribution in [0, 0.1) is 34.9 Å². The van der Waals surface area contributed by atoms with Crippen LogP contribution in [0.3, 0.4) is 0 Å². The summed E-state index contributed by atoms with van der Waals surface area (Å²) in [6, 6.07) is 4.31. The standard InChI is InChI=1S/C45H59F5N4OS.C4H6O/c1-11-14-37(55-25-44-19-13-20-53(44)24-29(9)22-44)52-41-32(30(10)54(12-2)36(27(5)6)18-15-26(3)4)21-34(45(48,49)50)39(40(41)47)31-16-17-35(46)43-38(31)33(23-51)42(56-43)28(7)8;1-3-4(2)5/h14,16-17,21,26-29,36H,11-13,15,18-20,22,24-25H2,1-10H3;3H,1H2,2H3/b32-30+,37-14-,52-41+;/t29-,36?,44?;/m1./s1. The van der Waals surface area contributed by atoms with E-state index in [4.69, 9.17) is 9.73 Å². The number of benzene rings is 1. The molecule has 2 aliphatic heterocycles. The molecule has 2 aromatic rings. The molecule has 2 fully saturated rings. The number of carbonyl (C=O) groups is 1. The SMILES string of the molecule is C=CC(C)=O.CC/C=C(/N=C1/C(F)=C(c2ccc(F)c3sc(C(C)C)c(C#N)c23)C(C(F)(F)F)=C/C1=C(/C)N(CC)C(CCC(C)C)C(C)C)OCC12CCCN1C[C@H](C)C2. The van der Waals surface area contributed by atoms with Gasteiger partial charge in [-0.25, -0.2) is 13.8 Å². The van der Waals surface area contributed by atoms with Crippen LogP contribution >= 0.6 is 11.3 Å². The summed E-state index contributed by atoms with van der Waals surface area (Å²) in [5.41, 5.74) is -2.06. The third-order valence-corrected chi connectivity index (χ3v) is 13.5. The zero-order chi connectivity index (χ0) is 45.6. The lowest BCUT2D eigenvalue weighted by atomic mass is 9.84. The number of alkyl halides is 3. The van der Waals surface area contributed by atoms with E-state index >= 15 is 22.0 Å². The number of halogens is 5. The predicted octanol–water partition coefficient (Wildman–Crippen LogP) is 13.6. The Balaban J connectivity index is 0.00000155. The van der Waals surface area contributed by atoms with Crippen molar-refractivity contribution in [3.63, 3.8) is 0 Å². The number of fused-ring (bicyclic) bond motifs is 2. The van der Waals surface area contributed by atoms with E-state index in [0.717, 1.165) is 74.7 Å². The van der Waals surface area contributed by atoms with E-state index in [2.05, 4.69) is 57.1 Å². The average molecular weight is 869 g/mol. The van der Waals surface area contributed by atoms with Crippen LogP contribution in [-0.4, -0.2) is 65.3 Å². The zero-order valence-corrected chi connectivity index (χ0v) is 38.8. The van der Waals surface area contributed by atoms with Crippen LogP contribution in [0.5, 0.6) is 0 Å². The highest BCUT2D eigenvalue weighted by molar-refractivity contribution is 7.19. The number of allylic oxidation sites excluding steroid dienone is 8. The normalized spacial score (nSPS) is 21.8. The Morgan fingerprint density at radius 2 is 1.82 bits per heavy atom. The number of hydrogen-bond acceptors (Lipinski definition) is 7. The van der Waals surface area contributed by atoms with Crippen LogP contribution in [0.1, 0.15) is 137 Å². The van der Waals surface area contributed by atoms with Crippen molar-refractivity contribution in [2.45, 2.75) is 138 Å². The highest BCUT2D eigenvalue weighted by Crippen LogP contribution is 2.49. The minimum Gasteiger partial charge on any atom is -0.476 e. The van der Waals surface area contributed by atoms with Gasteiger partial charge in [-0.05, 0) is 119 Å². The molecule has 0 bridgehead atoms. The first-order chi connectivity index (χ1) is 28.7. The van der Waals surface area contributed by atoms with E-state index < -0.39 is 29.0 Å². The Morgan fingerprint density at radius 1 is 1.15 bits per heavy atom. The lowest BCUT2D eigenvalue weighted by molar-refractivity contribution is -0.112. The van der Waals surface area contributed by atoms with E-state index in [1.165, 1.54) is 13.0 Å². The first kappa shape index (κ1) is 49.6. The average Bonchev–Trinajstić information content (AvgIpc) is 3.86. The molecular weight excluding hydrogens is 804 g/mol. The van der Waals surface area contributed by atoms with Gasteiger partial charge in [0.15, 0.2) is 11.6 Å². The van der Waals surface area contributed by atoms with Crippen molar-refractivity contribution >= 4 is 38.5 Å². The Kier molecular flexibility index (Phi) is 17.0. The molecule has 1 aromatic carbocycles. The maximum Gasteiger partial charge on any atom is 0.417 e. The van der Waals surface area contributed by atoms with Crippen molar-refractivity contribution in [1.82, 2.24) is 9.80 Å². The predicted molar refractivity (Wildman–Crippen MR) is 240 cm³/mol. The number of ether oxygens (including phenoxy) is 1. The minimum absolute atomic E-state index is 0.0171. The third kappa shape index (κ3) is 11.1. The van der Waals surface area contributed by atoms with Gasteiger partial charge in [0.1, 0.15) is 24.2 Å². The Bertz CT molecular complexity index is 2130. The third-order valence-electron chi connectivity index (χ3n) is 12.0. The van der Waals surface area contributed by atoms with Gasteiger partial charge in [-0.1, -0.05) is 68.0 Å². The number of hydrogen-bond donors (Lipinski definition) is 0. The maximum atomic E-state index is 17.9. The molecule has 0 spiro atoms. The lowest BCUT2D eigenvalue weighted by Gasteiger charge is -2.38. The summed E-state index contributed by atoms with van der Waals surface area (Å²) >= 11 is 1.02. The molecule has 0 saturated carbocycles. The summed E-state index contributed by atoms with van der Waals surface area (Å²) in [4.78, 5) is 19.6. The second kappa shape index (κ2) is 20.9. The molecule has 5 rings (SSSR count). The number of aliphatic imine (C=N–C) groups is 1. The first-order valence-corrected chi connectivity index (χ1v) is 22.6. The Labute approximate surface area is 364 Å².